The lowest BCUT2D eigenvalue weighted by molar-refractivity contribution is 0.484. The first-order valence-corrected chi connectivity index (χ1v) is 7.34. The zero-order chi connectivity index (χ0) is 15.5. The van der Waals surface area contributed by atoms with E-state index in [0.717, 1.165) is 17.7 Å². The highest BCUT2D eigenvalue weighted by molar-refractivity contribution is 5.57. The summed E-state index contributed by atoms with van der Waals surface area (Å²) in [4.78, 5) is 0. The van der Waals surface area contributed by atoms with Gasteiger partial charge >= 0.3 is 0 Å². The van der Waals surface area contributed by atoms with Gasteiger partial charge in [0.25, 0.3) is 0 Å². The Hall–Kier alpha value is -1.42. The fourth-order valence-corrected chi connectivity index (χ4v) is 1.12. The number of anilines is 1. The molecule has 0 spiro atoms. The van der Waals surface area contributed by atoms with Crippen molar-refractivity contribution in [2.75, 3.05) is 5.73 Å². The van der Waals surface area contributed by atoms with Gasteiger partial charge in [-0.1, -0.05) is 52.5 Å². The molecule has 108 valence electrons. The van der Waals surface area contributed by atoms with Gasteiger partial charge < -0.3 is 5.73 Å². The second-order valence-electron chi connectivity index (χ2n) is 4.58. The van der Waals surface area contributed by atoms with Crippen molar-refractivity contribution in [3.8, 4) is 11.8 Å². The lowest BCUT2D eigenvalue weighted by Crippen LogP contribution is -2.05. The molecular weight excluding hydrogens is 230 g/mol. The molecule has 0 fully saturated rings. The second-order valence-corrected chi connectivity index (χ2v) is 4.58. The van der Waals surface area contributed by atoms with E-state index in [-0.39, 0.29) is 5.41 Å². The Kier molecular flexibility index (Phi) is 11.0. The van der Waals surface area contributed by atoms with Crippen molar-refractivity contribution >= 4 is 5.69 Å². The van der Waals surface area contributed by atoms with Crippen LogP contribution in [-0.2, 0) is 0 Å². The molecular formula is C18H31N. The smallest absolute Gasteiger partial charge is 0.0475 e. The second kappa shape index (κ2) is 10.5. The maximum Gasteiger partial charge on any atom is 0.0475 e. The standard InChI is InChI=1S/C14H19N.2C2H6/c1-5-14(3,4)9-8-12-7-6-11(2)10-13(12)15;2*1-2/h6-7,10H,5,15H2,1-4H3;2*1-2H3. The molecule has 0 aromatic heterocycles. The normalized spacial score (nSPS) is 9.05. The van der Waals surface area contributed by atoms with Crippen molar-refractivity contribution in [1.82, 2.24) is 0 Å². The average molecular weight is 261 g/mol. The SMILES string of the molecule is CC.CC.CCC(C)(C)C#Cc1ccc(C)cc1N. The highest BCUT2D eigenvalue weighted by atomic mass is 14.6. The molecule has 0 unspecified atom stereocenters. The summed E-state index contributed by atoms with van der Waals surface area (Å²) in [5.41, 5.74) is 8.84. The summed E-state index contributed by atoms with van der Waals surface area (Å²) in [6, 6.07) is 5.99. The van der Waals surface area contributed by atoms with Gasteiger partial charge in [0.1, 0.15) is 0 Å². The van der Waals surface area contributed by atoms with Crippen LogP contribution in [0.3, 0.4) is 0 Å². The van der Waals surface area contributed by atoms with Gasteiger partial charge in [0.2, 0.25) is 0 Å². The van der Waals surface area contributed by atoms with E-state index < -0.39 is 0 Å². The molecule has 0 bridgehead atoms. The molecule has 0 saturated heterocycles. The minimum Gasteiger partial charge on any atom is -0.398 e. The summed E-state index contributed by atoms with van der Waals surface area (Å²) in [6.45, 7) is 16.5. The Balaban J connectivity index is 0. The number of nitrogen functional groups attached to an aromatic ring is 1. The first-order valence-electron chi connectivity index (χ1n) is 7.34. The molecule has 0 heterocycles. The van der Waals surface area contributed by atoms with Crippen LogP contribution < -0.4 is 5.73 Å². The number of hydrogen-bond acceptors (Lipinski definition) is 1. The maximum absolute atomic E-state index is 5.89. The third-order valence-electron chi connectivity index (χ3n) is 2.63. The lowest BCUT2D eigenvalue weighted by Gasteiger charge is -2.13. The summed E-state index contributed by atoms with van der Waals surface area (Å²) in [5.74, 6) is 6.41. The van der Waals surface area contributed by atoms with Crippen LogP contribution in [-0.4, -0.2) is 0 Å². The summed E-state index contributed by atoms with van der Waals surface area (Å²) < 4.78 is 0. The van der Waals surface area contributed by atoms with Gasteiger partial charge in [-0.15, -0.1) is 0 Å². The Bertz CT molecular complexity index is 405. The maximum atomic E-state index is 5.89. The van der Waals surface area contributed by atoms with Gasteiger partial charge in [-0.3, -0.25) is 0 Å². The molecule has 0 aliphatic carbocycles. The van der Waals surface area contributed by atoms with Crippen molar-refractivity contribution in [1.29, 1.82) is 0 Å². The van der Waals surface area contributed by atoms with Crippen molar-refractivity contribution in [2.45, 2.75) is 61.8 Å². The molecule has 0 aliphatic rings. The molecule has 1 rings (SSSR count). The largest absolute Gasteiger partial charge is 0.398 e. The Morgan fingerprint density at radius 1 is 1.11 bits per heavy atom. The third-order valence-corrected chi connectivity index (χ3v) is 2.63. The van der Waals surface area contributed by atoms with Gasteiger partial charge in [-0.25, -0.2) is 0 Å². The van der Waals surface area contributed by atoms with Gasteiger partial charge in [0, 0.05) is 16.7 Å². The van der Waals surface area contributed by atoms with E-state index >= 15 is 0 Å². The summed E-state index contributed by atoms with van der Waals surface area (Å²) >= 11 is 0. The van der Waals surface area contributed by atoms with E-state index in [9.17, 15) is 0 Å². The van der Waals surface area contributed by atoms with E-state index in [2.05, 4.69) is 32.6 Å². The van der Waals surface area contributed by atoms with Crippen LogP contribution >= 0.6 is 0 Å². The zero-order valence-electron chi connectivity index (χ0n) is 14.0. The van der Waals surface area contributed by atoms with E-state index in [1.807, 2.05) is 52.8 Å². The van der Waals surface area contributed by atoms with Gasteiger partial charge in [-0.2, -0.15) is 0 Å². The number of rotatable bonds is 1. The quantitative estimate of drug-likeness (QED) is 0.530. The predicted octanol–water partition coefficient (Wildman–Crippen LogP) is 5.42. The van der Waals surface area contributed by atoms with E-state index in [0.29, 0.717) is 0 Å². The molecule has 1 aromatic rings. The predicted molar refractivity (Wildman–Crippen MR) is 89.2 cm³/mol. The molecule has 0 saturated carbocycles. The first kappa shape index (κ1) is 19.9. The fraction of sp³-hybridized carbons (Fsp3) is 0.556. The highest BCUT2D eigenvalue weighted by Gasteiger charge is 2.09. The number of benzene rings is 1. The average Bonchev–Trinajstić information content (AvgIpc) is 2.42. The molecule has 0 amide bonds. The topological polar surface area (TPSA) is 26.0 Å². The van der Waals surface area contributed by atoms with Crippen LogP contribution in [0.25, 0.3) is 0 Å². The van der Waals surface area contributed by atoms with Crippen LogP contribution in [0.2, 0.25) is 0 Å². The van der Waals surface area contributed by atoms with Gasteiger partial charge in [0.15, 0.2) is 0 Å². The third kappa shape index (κ3) is 8.32. The van der Waals surface area contributed by atoms with Crippen molar-refractivity contribution in [3.63, 3.8) is 0 Å². The number of hydrogen-bond donors (Lipinski definition) is 1. The molecule has 19 heavy (non-hydrogen) atoms. The summed E-state index contributed by atoms with van der Waals surface area (Å²) in [7, 11) is 0. The molecule has 0 radical (unpaired) electrons. The Morgan fingerprint density at radius 3 is 2.05 bits per heavy atom. The van der Waals surface area contributed by atoms with Crippen LogP contribution in [0.1, 0.15) is 66.0 Å². The lowest BCUT2D eigenvalue weighted by atomic mass is 9.91. The molecule has 1 heteroatoms. The Labute approximate surface area is 120 Å². The number of nitrogens with two attached hydrogens (primary N) is 1. The van der Waals surface area contributed by atoms with Crippen LogP contribution in [0.4, 0.5) is 5.69 Å². The van der Waals surface area contributed by atoms with E-state index in [1.54, 1.807) is 0 Å². The van der Waals surface area contributed by atoms with Crippen LogP contribution in [0.5, 0.6) is 0 Å². The van der Waals surface area contributed by atoms with Gasteiger partial charge in [0.05, 0.1) is 0 Å². The van der Waals surface area contributed by atoms with E-state index in [1.165, 1.54) is 5.56 Å². The summed E-state index contributed by atoms with van der Waals surface area (Å²) in [5, 5.41) is 0. The monoisotopic (exact) mass is 261 g/mol. The molecule has 0 aliphatic heterocycles. The Morgan fingerprint density at radius 2 is 1.63 bits per heavy atom. The highest BCUT2D eigenvalue weighted by Crippen LogP contribution is 2.19. The fourth-order valence-electron chi connectivity index (χ4n) is 1.12. The molecule has 0 atom stereocenters. The molecule has 1 aromatic carbocycles. The molecule has 2 N–H and O–H groups in total. The zero-order valence-corrected chi connectivity index (χ0v) is 14.0. The van der Waals surface area contributed by atoms with Crippen LogP contribution in [0.15, 0.2) is 18.2 Å². The van der Waals surface area contributed by atoms with Crippen molar-refractivity contribution in [2.24, 2.45) is 5.41 Å². The van der Waals surface area contributed by atoms with Gasteiger partial charge in [-0.05, 0) is 44.9 Å². The van der Waals surface area contributed by atoms with Crippen LogP contribution in [0, 0.1) is 24.2 Å². The van der Waals surface area contributed by atoms with E-state index in [4.69, 9.17) is 5.73 Å². The minimum atomic E-state index is 0.0668. The molecule has 1 nitrogen and oxygen atoms in total. The minimum absolute atomic E-state index is 0.0668. The first-order chi connectivity index (χ1) is 8.94. The van der Waals surface area contributed by atoms with Crippen molar-refractivity contribution in [3.05, 3.63) is 29.3 Å². The number of aryl methyl sites for hydroxylation is 1. The summed E-state index contributed by atoms with van der Waals surface area (Å²) in [6.07, 6.45) is 1.05. The van der Waals surface area contributed by atoms with Crippen molar-refractivity contribution < 1.29 is 0 Å².